The number of hydrogen-bond acceptors (Lipinski definition) is 3. The SMILES string of the molecule is CCCC(N)([PH+]=O)C(=O)O. The fourth-order valence-electron chi connectivity index (χ4n) is 0.596. The van der Waals surface area contributed by atoms with Crippen LogP contribution in [0.1, 0.15) is 19.8 Å². The van der Waals surface area contributed by atoms with Crippen LogP contribution in [-0.2, 0) is 9.36 Å². The van der Waals surface area contributed by atoms with Crippen LogP contribution in [0.2, 0.25) is 0 Å². The Balaban J connectivity index is 4.22. The molecule has 0 spiro atoms. The average molecular weight is 164 g/mol. The van der Waals surface area contributed by atoms with E-state index >= 15 is 0 Å². The lowest BCUT2D eigenvalue weighted by Crippen LogP contribution is -2.41. The summed E-state index contributed by atoms with van der Waals surface area (Å²) in [6, 6.07) is 0. The van der Waals surface area contributed by atoms with E-state index in [9.17, 15) is 9.36 Å². The number of aliphatic carboxylic acids is 1. The zero-order chi connectivity index (χ0) is 8.20. The third kappa shape index (κ3) is 2.05. The van der Waals surface area contributed by atoms with E-state index in [0.29, 0.717) is 6.42 Å². The molecule has 0 aromatic carbocycles. The van der Waals surface area contributed by atoms with E-state index in [0.717, 1.165) is 0 Å². The highest BCUT2D eigenvalue weighted by Gasteiger charge is 2.41. The highest BCUT2D eigenvalue weighted by Crippen LogP contribution is 2.22. The van der Waals surface area contributed by atoms with E-state index in [1.54, 1.807) is 6.92 Å². The van der Waals surface area contributed by atoms with Gasteiger partial charge in [0.2, 0.25) is 0 Å². The van der Waals surface area contributed by atoms with Crippen molar-refractivity contribution < 1.29 is 14.5 Å². The molecule has 0 saturated heterocycles. The lowest BCUT2D eigenvalue weighted by atomic mass is 10.2. The van der Waals surface area contributed by atoms with Gasteiger partial charge in [-0.3, -0.25) is 5.73 Å². The monoisotopic (exact) mass is 164 g/mol. The summed E-state index contributed by atoms with van der Waals surface area (Å²) in [6.45, 7) is 1.80. The molecule has 0 aliphatic carbocycles. The molecule has 58 valence electrons. The van der Waals surface area contributed by atoms with Crippen LogP contribution in [0.4, 0.5) is 0 Å². The molecule has 4 nitrogen and oxygen atoms in total. The van der Waals surface area contributed by atoms with Gasteiger partial charge in [-0.1, -0.05) is 11.5 Å². The lowest BCUT2D eigenvalue weighted by Gasteiger charge is -2.06. The van der Waals surface area contributed by atoms with Crippen LogP contribution in [0.3, 0.4) is 0 Å². The highest BCUT2D eigenvalue weighted by atomic mass is 31.1. The third-order valence-corrected chi connectivity index (χ3v) is 2.04. The maximum absolute atomic E-state index is 10.3. The molecular weight excluding hydrogens is 153 g/mol. The Kier molecular flexibility index (Phi) is 3.47. The fourth-order valence-corrected chi connectivity index (χ4v) is 1.04. The second kappa shape index (κ2) is 3.64. The summed E-state index contributed by atoms with van der Waals surface area (Å²) in [5.41, 5.74) is 5.25. The summed E-state index contributed by atoms with van der Waals surface area (Å²) in [5.74, 6) is -1.19. The molecular formula is C5H11NO3P+. The van der Waals surface area contributed by atoms with Gasteiger partial charge in [-0.2, -0.15) is 0 Å². The molecule has 2 atom stereocenters. The van der Waals surface area contributed by atoms with Crippen molar-refractivity contribution in [2.75, 3.05) is 0 Å². The van der Waals surface area contributed by atoms with Crippen LogP contribution in [0.5, 0.6) is 0 Å². The Morgan fingerprint density at radius 3 is 2.40 bits per heavy atom. The zero-order valence-electron chi connectivity index (χ0n) is 5.76. The van der Waals surface area contributed by atoms with E-state index in [-0.39, 0.29) is 6.42 Å². The molecule has 10 heavy (non-hydrogen) atoms. The minimum Gasteiger partial charge on any atom is -0.477 e. The Morgan fingerprint density at radius 1 is 1.80 bits per heavy atom. The molecule has 2 unspecified atom stereocenters. The molecule has 3 N–H and O–H groups in total. The predicted molar refractivity (Wildman–Crippen MR) is 38.5 cm³/mol. The number of carboxylic acid groups (broad SMARTS) is 1. The van der Waals surface area contributed by atoms with Crippen LogP contribution in [0, 0.1) is 0 Å². The molecule has 0 fully saturated rings. The van der Waals surface area contributed by atoms with Crippen molar-refractivity contribution in [3.8, 4) is 0 Å². The zero-order valence-corrected chi connectivity index (χ0v) is 6.76. The van der Waals surface area contributed by atoms with Crippen molar-refractivity contribution in [2.24, 2.45) is 5.73 Å². The summed E-state index contributed by atoms with van der Waals surface area (Å²) in [7, 11) is -0.983. The Hall–Kier alpha value is -0.470. The summed E-state index contributed by atoms with van der Waals surface area (Å²) in [4.78, 5) is 10.3. The van der Waals surface area contributed by atoms with Gasteiger partial charge in [0.05, 0.1) is 0 Å². The molecule has 0 aliphatic rings. The molecule has 0 amide bonds. The van der Waals surface area contributed by atoms with Gasteiger partial charge in [0.25, 0.3) is 0 Å². The smallest absolute Gasteiger partial charge is 0.374 e. The average Bonchev–Trinajstić information content (AvgIpc) is 1.88. The van der Waals surface area contributed by atoms with Crippen molar-refractivity contribution in [1.82, 2.24) is 0 Å². The standard InChI is InChI=1S/C5H10NO3P/c1-2-3-5(6,10-9)4(7)8/h2-3,6H2,1H3,(H,7,8)/p+1. The first kappa shape index (κ1) is 9.53. The molecule has 0 aliphatic heterocycles. The highest BCUT2D eigenvalue weighted by molar-refractivity contribution is 7.27. The van der Waals surface area contributed by atoms with E-state index < -0.39 is 19.7 Å². The van der Waals surface area contributed by atoms with Crippen LogP contribution in [0.25, 0.3) is 0 Å². The van der Waals surface area contributed by atoms with Crippen LogP contribution < -0.4 is 5.73 Å². The summed E-state index contributed by atoms with van der Waals surface area (Å²) in [5, 5.41) is 6.93. The largest absolute Gasteiger partial charge is 0.477 e. The molecule has 5 heteroatoms. The Morgan fingerprint density at radius 2 is 2.30 bits per heavy atom. The van der Waals surface area contributed by atoms with E-state index in [2.05, 4.69) is 0 Å². The third-order valence-electron chi connectivity index (χ3n) is 1.21. The lowest BCUT2D eigenvalue weighted by molar-refractivity contribution is -0.140. The molecule has 0 bridgehead atoms. The summed E-state index contributed by atoms with van der Waals surface area (Å²) < 4.78 is 10.3. The number of carbonyl (C=O) groups is 1. The first-order valence-corrected chi connectivity index (χ1v) is 3.89. The van der Waals surface area contributed by atoms with Crippen LogP contribution in [-0.4, -0.2) is 16.4 Å². The molecule has 0 aromatic rings. The van der Waals surface area contributed by atoms with Gasteiger partial charge in [-0.05, 0) is 6.42 Å². The Labute approximate surface area is 60.6 Å². The van der Waals surface area contributed by atoms with Crippen LogP contribution >= 0.6 is 8.46 Å². The number of rotatable bonds is 4. The second-order valence-electron chi connectivity index (χ2n) is 2.13. The van der Waals surface area contributed by atoms with Gasteiger partial charge in [0.15, 0.2) is 0 Å². The van der Waals surface area contributed by atoms with Gasteiger partial charge >= 0.3 is 19.7 Å². The Bertz CT molecular complexity index is 150. The number of hydrogen-bond donors (Lipinski definition) is 2. The van der Waals surface area contributed by atoms with E-state index in [1.807, 2.05) is 0 Å². The molecule has 0 saturated carbocycles. The van der Waals surface area contributed by atoms with Crippen molar-refractivity contribution in [3.63, 3.8) is 0 Å². The van der Waals surface area contributed by atoms with Crippen molar-refractivity contribution in [1.29, 1.82) is 0 Å². The van der Waals surface area contributed by atoms with Gasteiger partial charge in [0.1, 0.15) is 0 Å². The summed E-state index contributed by atoms with van der Waals surface area (Å²) in [6.07, 6.45) is 0.877. The van der Waals surface area contributed by atoms with Crippen molar-refractivity contribution in [2.45, 2.75) is 25.0 Å². The number of nitrogens with two attached hydrogens (primary N) is 1. The van der Waals surface area contributed by atoms with Gasteiger partial charge in [-0.25, -0.2) is 4.79 Å². The molecule has 0 heterocycles. The van der Waals surface area contributed by atoms with Crippen molar-refractivity contribution in [3.05, 3.63) is 0 Å². The van der Waals surface area contributed by atoms with E-state index in [1.165, 1.54) is 0 Å². The fraction of sp³-hybridized carbons (Fsp3) is 0.800. The first-order chi connectivity index (χ1) is 4.56. The second-order valence-corrected chi connectivity index (χ2v) is 3.22. The minimum absolute atomic E-state index is 0.254. The quantitative estimate of drug-likeness (QED) is 0.594. The molecule has 0 radical (unpaired) electrons. The minimum atomic E-state index is -1.52. The molecule has 0 rings (SSSR count). The van der Waals surface area contributed by atoms with Gasteiger partial charge < -0.3 is 5.11 Å². The normalized spacial score (nSPS) is 16.6. The predicted octanol–water partition coefficient (Wildman–Crippen LogP) is 0.550. The van der Waals surface area contributed by atoms with Crippen LogP contribution in [0.15, 0.2) is 0 Å². The maximum atomic E-state index is 10.3. The molecule has 0 aromatic heterocycles. The summed E-state index contributed by atoms with van der Waals surface area (Å²) >= 11 is 0. The van der Waals surface area contributed by atoms with Gasteiger partial charge in [-0.15, -0.1) is 0 Å². The topological polar surface area (TPSA) is 80.4 Å². The first-order valence-electron chi connectivity index (χ1n) is 2.98. The van der Waals surface area contributed by atoms with Gasteiger partial charge in [0, 0.05) is 6.42 Å². The maximum Gasteiger partial charge on any atom is 0.374 e. The number of carboxylic acids is 1. The van der Waals surface area contributed by atoms with E-state index in [4.69, 9.17) is 10.8 Å². The van der Waals surface area contributed by atoms with Crippen molar-refractivity contribution >= 4 is 14.4 Å².